The van der Waals surface area contributed by atoms with Crippen LogP contribution in [0.2, 0.25) is 0 Å². The Morgan fingerprint density at radius 3 is 2.43 bits per heavy atom. The van der Waals surface area contributed by atoms with E-state index in [4.69, 9.17) is 4.74 Å². The number of rotatable bonds is 1. The fourth-order valence-corrected chi connectivity index (χ4v) is 2.54. The van der Waals surface area contributed by atoms with Crippen molar-refractivity contribution in [2.45, 2.75) is 44.9 Å². The van der Waals surface area contributed by atoms with Gasteiger partial charge in [0.2, 0.25) is 0 Å². The molecule has 0 N–H and O–H groups in total. The van der Waals surface area contributed by atoms with Crippen molar-refractivity contribution in [2.24, 2.45) is 0 Å². The molecule has 0 bridgehead atoms. The van der Waals surface area contributed by atoms with E-state index < -0.39 is 29.3 Å². The molecule has 1 aromatic carbocycles. The molecular formula is C16H19F4NO2. The van der Waals surface area contributed by atoms with Crippen LogP contribution in [-0.2, 0) is 10.9 Å². The van der Waals surface area contributed by atoms with E-state index in [1.54, 1.807) is 20.8 Å². The summed E-state index contributed by atoms with van der Waals surface area (Å²) in [5, 5.41) is 0. The van der Waals surface area contributed by atoms with Crippen molar-refractivity contribution in [1.29, 1.82) is 0 Å². The Bertz CT molecular complexity index is 593. The molecule has 128 valence electrons. The first kappa shape index (κ1) is 17.6. The minimum atomic E-state index is -4.57. The van der Waals surface area contributed by atoms with Gasteiger partial charge in [-0.05, 0) is 44.9 Å². The molecule has 1 amide bonds. The van der Waals surface area contributed by atoms with Crippen LogP contribution in [0.25, 0.3) is 0 Å². The van der Waals surface area contributed by atoms with Gasteiger partial charge in [0.15, 0.2) is 0 Å². The van der Waals surface area contributed by atoms with Gasteiger partial charge in [-0.2, -0.15) is 13.2 Å². The second kappa shape index (κ2) is 6.02. The van der Waals surface area contributed by atoms with Gasteiger partial charge in [0.1, 0.15) is 11.4 Å². The van der Waals surface area contributed by atoms with Crippen LogP contribution in [0.1, 0.15) is 44.2 Å². The number of amides is 1. The third-order valence-corrected chi connectivity index (χ3v) is 3.61. The van der Waals surface area contributed by atoms with E-state index >= 15 is 0 Å². The number of likely N-dealkylation sites (tertiary alicyclic amines) is 1. The van der Waals surface area contributed by atoms with Gasteiger partial charge in [-0.25, -0.2) is 9.18 Å². The van der Waals surface area contributed by atoms with Gasteiger partial charge in [0, 0.05) is 19.0 Å². The Hall–Kier alpha value is -1.79. The second-order valence-electron chi connectivity index (χ2n) is 6.65. The molecule has 1 saturated heterocycles. The molecule has 1 aromatic rings. The van der Waals surface area contributed by atoms with Crippen molar-refractivity contribution in [2.75, 3.05) is 13.1 Å². The van der Waals surface area contributed by atoms with Crippen LogP contribution in [0.4, 0.5) is 22.4 Å². The monoisotopic (exact) mass is 333 g/mol. The summed E-state index contributed by atoms with van der Waals surface area (Å²) in [6.45, 7) is 5.85. The third kappa shape index (κ3) is 4.36. The minimum Gasteiger partial charge on any atom is -0.444 e. The van der Waals surface area contributed by atoms with E-state index in [0.717, 1.165) is 12.1 Å². The number of hydrogen-bond donors (Lipinski definition) is 0. The average molecular weight is 333 g/mol. The average Bonchev–Trinajstić information content (AvgIpc) is 2.85. The van der Waals surface area contributed by atoms with Gasteiger partial charge in [-0.15, -0.1) is 0 Å². The Morgan fingerprint density at radius 1 is 1.26 bits per heavy atom. The Balaban J connectivity index is 2.09. The van der Waals surface area contributed by atoms with Crippen molar-refractivity contribution in [3.05, 3.63) is 35.1 Å². The maximum Gasteiger partial charge on any atom is 0.416 e. The maximum atomic E-state index is 14.0. The molecule has 3 nitrogen and oxygen atoms in total. The molecule has 0 spiro atoms. The summed E-state index contributed by atoms with van der Waals surface area (Å²) in [6, 6.07) is 2.53. The molecule has 23 heavy (non-hydrogen) atoms. The molecule has 0 saturated carbocycles. The third-order valence-electron chi connectivity index (χ3n) is 3.61. The fourth-order valence-electron chi connectivity index (χ4n) is 2.54. The lowest BCUT2D eigenvalue weighted by atomic mass is 9.96. The highest BCUT2D eigenvalue weighted by Gasteiger charge is 2.34. The first-order chi connectivity index (χ1) is 10.5. The molecule has 0 aromatic heterocycles. The Kier molecular flexibility index (Phi) is 4.59. The lowest BCUT2D eigenvalue weighted by Gasteiger charge is -2.24. The molecule has 1 aliphatic rings. The van der Waals surface area contributed by atoms with Crippen LogP contribution < -0.4 is 0 Å². The predicted octanol–water partition coefficient (Wildman–Crippen LogP) is 4.57. The first-order valence-electron chi connectivity index (χ1n) is 7.32. The van der Waals surface area contributed by atoms with Gasteiger partial charge in [0.05, 0.1) is 5.56 Å². The predicted molar refractivity (Wildman–Crippen MR) is 76.6 cm³/mol. The van der Waals surface area contributed by atoms with Crippen LogP contribution in [-0.4, -0.2) is 29.7 Å². The molecule has 7 heteroatoms. The molecular weight excluding hydrogens is 314 g/mol. The number of benzene rings is 1. The summed E-state index contributed by atoms with van der Waals surface area (Å²) >= 11 is 0. The van der Waals surface area contributed by atoms with Crippen LogP contribution in [0.3, 0.4) is 0 Å². The lowest BCUT2D eigenvalue weighted by molar-refractivity contribution is -0.137. The molecule has 1 unspecified atom stereocenters. The summed E-state index contributed by atoms with van der Waals surface area (Å²) in [5.74, 6) is -1.22. The molecule has 1 aliphatic heterocycles. The Labute approximate surface area is 132 Å². The molecule has 1 atom stereocenters. The van der Waals surface area contributed by atoms with Crippen LogP contribution in [0.5, 0.6) is 0 Å². The second-order valence-corrected chi connectivity index (χ2v) is 6.65. The summed E-state index contributed by atoms with van der Waals surface area (Å²) in [7, 11) is 0. The molecule has 0 radical (unpaired) electrons. The SMILES string of the molecule is CC(C)(C)OC(=O)N1CCC(c2ccc(C(F)(F)F)cc2F)C1. The van der Waals surface area contributed by atoms with Crippen molar-refractivity contribution in [3.63, 3.8) is 0 Å². The number of nitrogens with zero attached hydrogens (tertiary/aromatic N) is 1. The van der Waals surface area contributed by atoms with Gasteiger partial charge in [-0.1, -0.05) is 6.07 Å². The highest BCUT2D eigenvalue weighted by Crippen LogP contribution is 2.34. The van der Waals surface area contributed by atoms with Crippen molar-refractivity contribution >= 4 is 6.09 Å². The number of hydrogen-bond acceptors (Lipinski definition) is 2. The van der Waals surface area contributed by atoms with Crippen LogP contribution in [0.15, 0.2) is 18.2 Å². The van der Waals surface area contributed by atoms with E-state index in [-0.39, 0.29) is 18.0 Å². The first-order valence-corrected chi connectivity index (χ1v) is 7.32. The largest absolute Gasteiger partial charge is 0.444 e. The normalized spacial score (nSPS) is 19.1. The molecule has 1 fully saturated rings. The Morgan fingerprint density at radius 2 is 1.91 bits per heavy atom. The van der Waals surface area contributed by atoms with Crippen molar-refractivity contribution in [3.8, 4) is 0 Å². The minimum absolute atomic E-state index is 0.198. The standard InChI is InChI=1S/C16H19F4NO2/c1-15(2,3)23-14(22)21-7-6-10(9-21)12-5-4-11(8-13(12)17)16(18,19)20/h4-5,8,10H,6-7,9H2,1-3H3. The zero-order valence-electron chi connectivity index (χ0n) is 13.2. The quantitative estimate of drug-likeness (QED) is 0.705. The number of alkyl halides is 3. The zero-order valence-corrected chi connectivity index (χ0v) is 13.2. The number of halogens is 4. The van der Waals surface area contributed by atoms with Crippen molar-refractivity contribution in [1.82, 2.24) is 4.90 Å². The summed E-state index contributed by atoms with van der Waals surface area (Å²) in [6.07, 6.45) is -4.58. The van der Waals surface area contributed by atoms with E-state index in [1.165, 1.54) is 4.90 Å². The topological polar surface area (TPSA) is 29.5 Å². The van der Waals surface area contributed by atoms with E-state index in [0.29, 0.717) is 19.0 Å². The molecule has 0 aliphatic carbocycles. The van der Waals surface area contributed by atoms with E-state index in [1.807, 2.05) is 0 Å². The maximum absolute atomic E-state index is 14.0. The molecule has 1 heterocycles. The van der Waals surface area contributed by atoms with Gasteiger partial charge in [0.25, 0.3) is 0 Å². The summed E-state index contributed by atoms with van der Waals surface area (Å²) in [4.78, 5) is 13.4. The van der Waals surface area contributed by atoms with Gasteiger partial charge in [-0.3, -0.25) is 0 Å². The summed E-state index contributed by atoms with van der Waals surface area (Å²) < 4.78 is 56.9. The highest BCUT2D eigenvalue weighted by molar-refractivity contribution is 5.68. The van der Waals surface area contributed by atoms with Crippen molar-refractivity contribution < 1.29 is 27.1 Å². The highest BCUT2D eigenvalue weighted by atomic mass is 19.4. The number of carbonyl (C=O) groups is 1. The zero-order chi connectivity index (χ0) is 17.4. The fraction of sp³-hybridized carbons (Fsp3) is 0.562. The lowest BCUT2D eigenvalue weighted by Crippen LogP contribution is -2.35. The van der Waals surface area contributed by atoms with Gasteiger partial charge < -0.3 is 9.64 Å². The van der Waals surface area contributed by atoms with Crippen LogP contribution in [0, 0.1) is 5.82 Å². The van der Waals surface area contributed by atoms with E-state index in [9.17, 15) is 22.4 Å². The number of carbonyl (C=O) groups excluding carboxylic acids is 1. The van der Waals surface area contributed by atoms with E-state index in [2.05, 4.69) is 0 Å². The summed E-state index contributed by atoms with van der Waals surface area (Å²) in [5.41, 5.74) is -1.45. The molecule has 2 rings (SSSR count). The number of ether oxygens (including phenoxy) is 1. The van der Waals surface area contributed by atoms with Crippen LogP contribution >= 0.6 is 0 Å². The van der Waals surface area contributed by atoms with Gasteiger partial charge >= 0.3 is 12.3 Å². The smallest absolute Gasteiger partial charge is 0.416 e.